The highest BCUT2D eigenvalue weighted by molar-refractivity contribution is 5.00. The van der Waals surface area contributed by atoms with Crippen molar-refractivity contribution < 1.29 is 4.42 Å². The van der Waals surface area contributed by atoms with E-state index in [4.69, 9.17) is 10.2 Å². The molecule has 0 saturated carbocycles. The van der Waals surface area contributed by atoms with Crippen LogP contribution in [0.4, 0.5) is 0 Å². The van der Waals surface area contributed by atoms with E-state index < -0.39 is 0 Å². The molecule has 0 aliphatic carbocycles. The predicted molar refractivity (Wildman–Crippen MR) is 56.0 cm³/mol. The molecule has 1 aromatic rings. The highest BCUT2D eigenvalue weighted by Gasteiger charge is 2.23. The first-order chi connectivity index (χ1) is 6.75. The van der Waals surface area contributed by atoms with Crippen molar-refractivity contribution in [3.05, 3.63) is 24.2 Å². The van der Waals surface area contributed by atoms with Gasteiger partial charge in [0.2, 0.25) is 0 Å². The number of nitrogens with two attached hydrogens (primary N) is 1. The molecule has 2 atom stereocenters. The van der Waals surface area contributed by atoms with Crippen LogP contribution in [0.25, 0.3) is 0 Å². The Morgan fingerprint density at radius 2 is 2.57 bits per heavy atom. The van der Waals surface area contributed by atoms with Crippen LogP contribution in [0.15, 0.2) is 22.8 Å². The Morgan fingerprint density at radius 1 is 1.71 bits per heavy atom. The fraction of sp³-hybridized carbons (Fsp3) is 0.636. The lowest BCUT2D eigenvalue weighted by molar-refractivity contribution is 0.245. The van der Waals surface area contributed by atoms with E-state index in [1.807, 2.05) is 12.1 Å². The van der Waals surface area contributed by atoms with Crippen molar-refractivity contribution in [2.24, 2.45) is 5.73 Å². The monoisotopic (exact) mass is 194 g/mol. The summed E-state index contributed by atoms with van der Waals surface area (Å²) in [7, 11) is 0. The van der Waals surface area contributed by atoms with E-state index in [1.165, 1.54) is 0 Å². The Morgan fingerprint density at radius 3 is 3.14 bits per heavy atom. The Labute approximate surface area is 84.9 Å². The lowest BCUT2D eigenvalue weighted by Gasteiger charge is -2.22. The number of furan rings is 1. The molecular formula is C11H18N2O. The van der Waals surface area contributed by atoms with Crippen molar-refractivity contribution in [1.82, 2.24) is 4.90 Å². The van der Waals surface area contributed by atoms with E-state index in [0.29, 0.717) is 12.1 Å². The molecule has 1 aromatic heterocycles. The summed E-state index contributed by atoms with van der Waals surface area (Å²) in [5.41, 5.74) is 5.87. The van der Waals surface area contributed by atoms with Gasteiger partial charge >= 0.3 is 0 Å². The Kier molecular flexibility index (Phi) is 2.89. The van der Waals surface area contributed by atoms with E-state index in [2.05, 4.69) is 11.8 Å². The van der Waals surface area contributed by atoms with Gasteiger partial charge in [0.1, 0.15) is 5.76 Å². The molecule has 0 spiro atoms. The van der Waals surface area contributed by atoms with Crippen LogP contribution < -0.4 is 5.73 Å². The number of hydrogen-bond acceptors (Lipinski definition) is 3. The standard InChI is InChI=1S/C11H18N2O/c1-9(7-11-3-2-6-14-11)13-5-4-10(12)8-13/h2-3,6,9-10H,4-5,7-8,12H2,1H3. The first kappa shape index (κ1) is 9.74. The molecule has 1 aliphatic heterocycles. The maximum absolute atomic E-state index is 5.87. The molecule has 2 unspecified atom stereocenters. The molecule has 0 amide bonds. The van der Waals surface area contributed by atoms with Crippen LogP contribution in [0.2, 0.25) is 0 Å². The van der Waals surface area contributed by atoms with E-state index in [0.717, 1.165) is 31.7 Å². The van der Waals surface area contributed by atoms with Gasteiger partial charge in [-0.3, -0.25) is 4.90 Å². The SMILES string of the molecule is CC(Cc1ccco1)N1CCC(N)C1. The van der Waals surface area contributed by atoms with Crippen molar-refractivity contribution in [2.75, 3.05) is 13.1 Å². The second kappa shape index (κ2) is 4.15. The Bertz CT molecular complexity index is 271. The zero-order chi connectivity index (χ0) is 9.97. The second-order valence-electron chi connectivity index (χ2n) is 4.18. The molecule has 1 fully saturated rings. The minimum Gasteiger partial charge on any atom is -0.469 e. The summed E-state index contributed by atoms with van der Waals surface area (Å²) in [5.74, 6) is 1.07. The first-order valence-corrected chi connectivity index (χ1v) is 5.27. The average Bonchev–Trinajstić information content (AvgIpc) is 2.75. The Hall–Kier alpha value is -0.800. The smallest absolute Gasteiger partial charge is 0.105 e. The van der Waals surface area contributed by atoms with Gasteiger partial charge in [0.25, 0.3) is 0 Å². The fourth-order valence-electron chi connectivity index (χ4n) is 2.06. The van der Waals surface area contributed by atoms with Crippen LogP contribution >= 0.6 is 0 Å². The number of hydrogen-bond donors (Lipinski definition) is 1. The summed E-state index contributed by atoms with van der Waals surface area (Å²) in [6.07, 6.45) is 3.85. The molecule has 3 nitrogen and oxygen atoms in total. The van der Waals surface area contributed by atoms with E-state index >= 15 is 0 Å². The Balaban J connectivity index is 1.87. The van der Waals surface area contributed by atoms with Gasteiger partial charge in [-0.05, 0) is 25.5 Å². The van der Waals surface area contributed by atoms with Crippen molar-refractivity contribution in [3.8, 4) is 0 Å². The van der Waals surface area contributed by atoms with Crippen LogP contribution in [-0.4, -0.2) is 30.1 Å². The quantitative estimate of drug-likeness (QED) is 0.787. The number of nitrogens with zero attached hydrogens (tertiary/aromatic N) is 1. The lowest BCUT2D eigenvalue weighted by Crippen LogP contribution is -2.34. The van der Waals surface area contributed by atoms with Gasteiger partial charge in [-0.25, -0.2) is 0 Å². The summed E-state index contributed by atoms with van der Waals surface area (Å²) in [4.78, 5) is 2.44. The molecule has 0 aromatic carbocycles. The van der Waals surface area contributed by atoms with Crippen LogP contribution in [0.5, 0.6) is 0 Å². The van der Waals surface area contributed by atoms with Crippen LogP contribution in [-0.2, 0) is 6.42 Å². The first-order valence-electron chi connectivity index (χ1n) is 5.27. The fourth-order valence-corrected chi connectivity index (χ4v) is 2.06. The van der Waals surface area contributed by atoms with Gasteiger partial charge in [-0.1, -0.05) is 0 Å². The molecule has 14 heavy (non-hydrogen) atoms. The van der Waals surface area contributed by atoms with E-state index in [9.17, 15) is 0 Å². The van der Waals surface area contributed by atoms with Gasteiger partial charge in [0.05, 0.1) is 6.26 Å². The topological polar surface area (TPSA) is 42.4 Å². The van der Waals surface area contributed by atoms with Crippen molar-refractivity contribution in [3.63, 3.8) is 0 Å². The predicted octanol–water partition coefficient (Wildman–Crippen LogP) is 1.24. The molecule has 2 heterocycles. The van der Waals surface area contributed by atoms with E-state index in [-0.39, 0.29) is 0 Å². The lowest BCUT2D eigenvalue weighted by atomic mass is 10.2. The van der Waals surface area contributed by atoms with Crippen LogP contribution in [0.1, 0.15) is 19.1 Å². The maximum Gasteiger partial charge on any atom is 0.105 e. The van der Waals surface area contributed by atoms with E-state index in [1.54, 1.807) is 6.26 Å². The van der Waals surface area contributed by atoms with Gasteiger partial charge < -0.3 is 10.2 Å². The van der Waals surface area contributed by atoms with Crippen molar-refractivity contribution >= 4 is 0 Å². The van der Waals surface area contributed by atoms with Crippen LogP contribution in [0, 0.1) is 0 Å². The molecule has 78 valence electrons. The van der Waals surface area contributed by atoms with Crippen molar-refractivity contribution in [2.45, 2.75) is 31.8 Å². The molecule has 0 bridgehead atoms. The molecule has 2 N–H and O–H groups in total. The summed E-state index contributed by atoms with van der Waals surface area (Å²) < 4.78 is 5.33. The summed E-state index contributed by atoms with van der Waals surface area (Å²) in [6, 6.07) is 4.88. The van der Waals surface area contributed by atoms with Crippen LogP contribution in [0.3, 0.4) is 0 Å². The molecule has 1 saturated heterocycles. The summed E-state index contributed by atoms with van der Waals surface area (Å²) >= 11 is 0. The second-order valence-corrected chi connectivity index (χ2v) is 4.18. The number of likely N-dealkylation sites (tertiary alicyclic amines) is 1. The molecule has 1 aliphatic rings. The van der Waals surface area contributed by atoms with Gasteiger partial charge in [0, 0.05) is 31.6 Å². The molecular weight excluding hydrogens is 176 g/mol. The van der Waals surface area contributed by atoms with Gasteiger partial charge in [0.15, 0.2) is 0 Å². The third-order valence-corrected chi connectivity index (χ3v) is 2.96. The zero-order valence-corrected chi connectivity index (χ0v) is 8.65. The highest BCUT2D eigenvalue weighted by Crippen LogP contribution is 2.14. The van der Waals surface area contributed by atoms with Gasteiger partial charge in [-0.2, -0.15) is 0 Å². The average molecular weight is 194 g/mol. The molecule has 0 radical (unpaired) electrons. The maximum atomic E-state index is 5.87. The largest absolute Gasteiger partial charge is 0.469 e. The minimum atomic E-state index is 0.369. The summed E-state index contributed by atoms with van der Waals surface area (Å²) in [5, 5.41) is 0. The minimum absolute atomic E-state index is 0.369. The van der Waals surface area contributed by atoms with Crippen molar-refractivity contribution in [1.29, 1.82) is 0 Å². The molecule has 3 heteroatoms. The third-order valence-electron chi connectivity index (χ3n) is 2.96. The zero-order valence-electron chi connectivity index (χ0n) is 8.65. The number of rotatable bonds is 3. The normalized spacial score (nSPS) is 25.4. The molecule has 2 rings (SSSR count). The highest BCUT2D eigenvalue weighted by atomic mass is 16.3. The summed E-state index contributed by atoms with van der Waals surface area (Å²) in [6.45, 7) is 4.39. The van der Waals surface area contributed by atoms with Gasteiger partial charge in [-0.15, -0.1) is 0 Å². The third kappa shape index (κ3) is 2.16.